The van der Waals surface area contributed by atoms with Crippen molar-refractivity contribution in [1.29, 1.82) is 0 Å². The second kappa shape index (κ2) is 10.4. The molecule has 0 aliphatic carbocycles. The van der Waals surface area contributed by atoms with E-state index in [0.29, 0.717) is 23.8 Å². The number of rotatable bonds is 9. The van der Waals surface area contributed by atoms with Crippen LogP contribution in [0.5, 0.6) is 5.75 Å². The molecule has 0 saturated heterocycles. The minimum Gasteiger partial charge on any atom is -0.497 e. The number of anilines is 1. The molecule has 31 heavy (non-hydrogen) atoms. The molecule has 0 unspecified atom stereocenters. The summed E-state index contributed by atoms with van der Waals surface area (Å²) in [6.07, 6.45) is 3.33. The topological polar surface area (TPSA) is 64.5 Å². The van der Waals surface area contributed by atoms with Crippen LogP contribution in [0.25, 0.3) is 11.4 Å². The van der Waals surface area contributed by atoms with Crippen molar-refractivity contribution in [2.75, 3.05) is 25.2 Å². The van der Waals surface area contributed by atoms with Crippen molar-refractivity contribution < 1.29 is 14.3 Å². The van der Waals surface area contributed by atoms with Crippen molar-refractivity contribution in [3.05, 3.63) is 84.6 Å². The molecule has 0 bridgehead atoms. The number of benzene rings is 2. The fourth-order valence-corrected chi connectivity index (χ4v) is 3.30. The minimum absolute atomic E-state index is 0.0500. The summed E-state index contributed by atoms with van der Waals surface area (Å²) < 4.78 is 10.5. The molecule has 0 aliphatic rings. The van der Waals surface area contributed by atoms with Gasteiger partial charge in [-0.1, -0.05) is 36.4 Å². The van der Waals surface area contributed by atoms with E-state index in [4.69, 9.17) is 14.5 Å². The molecule has 0 N–H and O–H groups in total. The highest BCUT2D eigenvalue weighted by Gasteiger charge is 2.25. The number of carbonyl (C=O) groups is 1. The Morgan fingerprint density at radius 3 is 2.48 bits per heavy atom. The smallest absolute Gasteiger partial charge is 0.343 e. The summed E-state index contributed by atoms with van der Waals surface area (Å²) in [5.41, 5.74) is 2.25. The number of hydrogen-bond acceptors (Lipinski definition) is 6. The summed E-state index contributed by atoms with van der Waals surface area (Å²) in [6, 6.07) is 17.5. The quantitative estimate of drug-likeness (QED) is 0.357. The van der Waals surface area contributed by atoms with Gasteiger partial charge in [0.2, 0.25) is 0 Å². The maximum atomic E-state index is 12.7. The number of methoxy groups -OCH3 is 1. The van der Waals surface area contributed by atoms with E-state index in [0.717, 1.165) is 16.9 Å². The standard InChI is InChI=1S/C25H27N3O3/c1-5-16-28(18(3)19-10-8-7-9-11-19)24-22(25(29)31-6-2)17-26-23(27-24)20-12-14-21(30-4)15-13-20/h5,7-15,17-18H,1,6,16H2,2-4H3/t18-/m0/s1. The van der Waals surface area contributed by atoms with E-state index in [1.807, 2.05) is 47.4 Å². The van der Waals surface area contributed by atoms with Gasteiger partial charge < -0.3 is 14.4 Å². The van der Waals surface area contributed by atoms with Crippen LogP contribution in [0.4, 0.5) is 5.82 Å². The summed E-state index contributed by atoms with van der Waals surface area (Å²) in [5.74, 6) is 1.32. The Morgan fingerprint density at radius 1 is 1.16 bits per heavy atom. The third kappa shape index (κ3) is 5.09. The Labute approximate surface area is 183 Å². The third-order valence-electron chi connectivity index (χ3n) is 4.96. The lowest BCUT2D eigenvalue weighted by Crippen LogP contribution is -2.30. The zero-order valence-corrected chi connectivity index (χ0v) is 18.1. The maximum Gasteiger partial charge on any atom is 0.343 e. The zero-order valence-electron chi connectivity index (χ0n) is 18.1. The molecular formula is C25H27N3O3. The highest BCUT2D eigenvalue weighted by atomic mass is 16.5. The molecule has 6 heteroatoms. The van der Waals surface area contributed by atoms with Gasteiger partial charge in [-0.15, -0.1) is 6.58 Å². The Morgan fingerprint density at radius 2 is 1.87 bits per heavy atom. The SMILES string of the molecule is C=CCN(c1nc(-c2ccc(OC)cc2)ncc1C(=O)OCC)[C@@H](C)c1ccccc1. The first kappa shape index (κ1) is 22.0. The second-order valence-electron chi connectivity index (χ2n) is 6.91. The van der Waals surface area contributed by atoms with Crippen molar-refractivity contribution in [1.82, 2.24) is 9.97 Å². The van der Waals surface area contributed by atoms with E-state index in [1.54, 1.807) is 20.1 Å². The van der Waals surface area contributed by atoms with E-state index in [9.17, 15) is 4.79 Å². The largest absolute Gasteiger partial charge is 0.497 e. The van der Waals surface area contributed by atoms with Crippen molar-refractivity contribution >= 4 is 11.8 Å². The molecule has 0 fully saturated rings. The highest BCUT2D eigenvalue weighted by molar-refractivity contribution is 5.95. The van der Waals surface area contributed by atoms with Crippen LogP contribution in [0.3, 0.4) is 0 Å². The highest BCUT2D eigenvalue weighted by Crippen LogP contribution is 2.30. The number of esters is 1. The predicted molar refractivity (Wildman–Crippen MR) is 122 cm³/mol. The van der Waals surface area contributed by atoms with Crippen LogP contribution in [0.1, 0.15) is 35.8 Å². The minimum atomic E-state index is -0.451. The van der Waals surface area contributed by atoms with Gasteiger partial charge in [0.05, 0.1) is 19.8 Å². The van der Waals surface area contributed by atoms with Crippen molar-refractivity contribution in [3.8, 4) is 17.1 Å². The molecule has 6 nitrogen and oxygen atoms in total. The number of hydrogen-bond donors (Lipinski definition) is 0. The molecule has 1 atom stereocenters. The number of nitrogens with zero attached hydrogens (tertiary/aromatic N) is 3. The molecule has 3 aromatic rings. The fraction of sp³-hybridized carbons (Fsp3) is 0.240. The van der Waals surface area contributed by atoms with Gasteiger partial charge in [-0.05, 0) is 43.7 Å². The molecule has 0 aliphatic heterocycles. The predicted octanol–water partition coefficient (Wildman–Crippen LogP) is 5.08. The summed E-state index contributed by atoms with van der Waals surface area (Å²) in [5, 5.41) is 0. The van der Waals surface area contributed by atoms with Crippen LogP contribution in [0.15, 0.2) is 73.4 Å². The van der Waals surface area contributed by atoms with E-state index in [1.165, 1.54) is 6.20 Å². The van der Waals surface area contributed by atoms with E-state index in [2.05, 4.69) is 30.6 Å². The van der Waals surface area contributed by atoms with Crippen molar-refractivity contribution in [2.45, 2.75) is 19.9 Å². The Bertz CT molecular complexity index is 1020. The first-order valence-electron chi connectivity index (χ1n) is 10.2. The monoisotopic (exact) mass is 417 g/mol. The summed E-state index contributed by atoms with van der Waals surface area (Å²) in [4.78, 5) is 24.0. The molecular weight excluding hydrogens is 390 g/mol. The summed E-state index contributed by atoms with van der Waals surface area (Å²) in [6.45, 7) is 8.52. The third-order valence-corrected chi connectivity index (χ3v) is 4.96. The zero-order chi connectivity index (χ0) is 22.2. The first-order valence-corrected chi connectivity index (χ1v) is 10.2. The van der Waals surface area contributed by atoms with Crippen LogP contribution in [0.2, 0.25) is 0 Å². The number of ether oxygens (including phenoxy) is 2. The van der Waals surface area contributed by atoms with E-state index >= 15 is 0 Å². The average Bonchev–Trinajstić information content (AvgIpc) is 2.82. The molecule has 0 amide bonds. The molecule has 0 saturated carbocycles. The molecule has 3 rings (SSSR count). The Balaban J connectivity index is 2.11. The van der Waals surface area contributed by atoms with Gasteiger partial charge >= 0.3 is 5.97 Å². The van der Waals surface area contributed by atoms with Gasteiger partial charge in [-0.25, -0.2) is 14.8 Å². The molecule has 0 radical (unpaired) electrons. The molecule has 1 aromatic heterocycles. The molecule has 1 heterocycles. The summed E-state index contributed by atoms with van der Waals surface area (Å²) in [7, 11) is 1.62. The lowest BCUT2D eigenvalue weighted by Gasteiger charge is -2.31. The molecule has 160 valence electrons. The first-order chi connectivity index (χ1) is 15.1. The van der Waals surface area contributed by atoms with Gasteiger partial charge in [-0.2, -0.15) is 0 Å². The van der Waals surface area contributed by atoms with Gasteiger partial charge in [0.25, 0.3) is 0 Å². The van der Waals surface area contributed by atoms with Crippen LogP contribution in [-0.2, 0) is 4.74 Å². The van der Waals surface area contributed by atoms with Crippen LogP contribution in [0, 0.1) is 0 Å². The van der Waals surface area contributed by atoms with Crippen molar-refractivity contribution in [2.24, 2.45) is 0 Å². The Hall–Kier alpha value is -3.67. The van der Waals surface area contributed by atoms with Gasteiger partial charge in [0.15, 0.2) is 5.82 Å². The maximum absolute atomic E-state index is 12.7. The number of aromatic nitrogens is 2. The van der Waals surface area contributed by atoms with Crippen LogP contribution >= 0.6 is 0 Å². The second-order valence-corrected chi connectivity index (χ2v) is 6.91. The average molecular weight is 418 g/mol. The molecule has 0 spiro atoms. The Kier molecular flexibility index (Phi) is 7.38. The van der Waals surface area contributed by atoms with Gasteiger partial charge in [0.1, 0.15) is 17.1 Å². The lowest BCUT2D eigenvalue weighted by molar-refractivity contribution is 0.0526. The van der Waals surface area contributed by atoms with E-state index < -0.39 is 5.97 Å². The van der Waals surface area contributed by atoms with Crippen LogP contribution in [-0.4, -0.2) is 36.2 Å². The normalized spacial score (nSPS) is 11.5. The lowest BCUT2D eigenvalue weighted by atomic mass is 10.1. The molecule has 2 aromatic carbocycles. The summed E-state index contributed by atoms with van der Waals surface area (Å²) >= 11 is 0. The van der Waals surface area contributed by atoms with Crippen molar-refractivity contribution in [3.63, 3.8) is 0 Å². The van der Waals surface area contributed by atoms with Gasteiger partial charge in [0, 0.05) is 18.3 Å². The van der Waals surface area contributed by atoms with E-state index in [-0.39, 0.29) is 12.6 Å². The number of carbonyl (C=O) groups excluding carboxylic acids is 1. The van der Waals surface area contributed by atoms with Gasteiger partial charge in [-0.3, -0.25) is 0 Å². The van der Waals surface area contributed by atoms with Crippen LogP contribution < -0.4 is 9.64 Å². The fourth-order valence-electron chi connectivity index (χ4n) is 3.30.